The van der Waals surface area contributed by atoms with E-state index in [0.717, 1.165) is 0 Å². The van der Waals surface area contributed by atoms with Crippen molar-refractivity contribution in [2.45, 2.75) is 43.9 Å². The van der Waals surface area contributed by atoms with Crippen molar-refractivity contribution in [3.05, 3.63) is 18.4 Å². The highest BCUT2D eigenvalue weighted by molar-refractivity contribution is 5.02. The Hall–Kier alpha value is -0.630. The number of alkyl halides is 1. The molecule has 1 fully saturated rings. The molecule has 0 aliphatic heterocycles. The predicted octanol–water partition coefficient (Wildman–Crippen LogP) is 1.97. The Kier molecular flexibility index (Phi) is 3.72. The van der Waals surface area contributed by atoms with Crippen LogP contribution in [0.5, 0.6) is 0 Å². The quantitative estimate of drug-likeness (QED) is 0.705. The number of hydrogen-bond donors (Lipinski definition) is 2. The molecule has 0 saturated heterocycles. The molecule has 1 rings (SSSR count). The van der Waals surface area contributed by atoms with Gasteiger partial charge in [-0.3, -0.25) is 0 Å². The molecule has 0 bridgehead atoms. The lowest BCUT2D eigenvalue weighted by atomic mass is 9.72. The van der Waals surface area contributed by atoms with Crippen molar-refractivity contribution >= 4 is 0 Å². The van der Waals surface area contributed by atoms with Gasteiger partial charge < -0.3 is 10.2 Å². The smallest absolute Gasteiger partial charge is 0.120 e. The summed E-state index contributed by atoms with van der Waals surface area (Å²) in [6.45, 7) is 4.89. The van der Waals surface area contributed by atoms with Crippen LogP contribution in [0.15, 0.2) is 18.4 Å². The maximum Gasteiger partial charge on any atom is 0.120 e. The van der Waals surface area contributed by atoms with E-state index in [1.54, 1.807) is 6.92 Å². The first-order chi connectivity index (χ1) is 6.93. The maximum absolute atomic E-state index is 14.4. The highest BCUT2D eigenvalue weighted by atomic mass is 19.1. The van der Waals surface area contributed by atoms with Crippen molar-refractivity contribution in [3.63, 3.8) is 0 Å². The highest BCUT2D eigenvalue weighted by Gasteiger charge is 2.43. The van der Waals surface area contributed by atoms with E-state index in [2.05, 4.69) is 12.3 Å². The van der Waals surface area contributed by atoms with Crippen LogP contribution in [0.1, 0.15) is 32.6 Å². The molecule has 0 heterocycles. The Balaban J connectivity index is 2.72. The highest BCUT2D eigenvalue weighted by Crippen LogP contribution is 2.42. The van der Waals surface area contributed by atoms with Crippen LogP contribution < -0.4 is 0 Å². The third kappa shape index (κ3) is 2.91. The van der Waals surface area contributed by atoms with E-state index in [1.165, 1.54) is 6.08 Å². The molecule has 0 amide bonds. The van der Waals surface area contributed by atoms with Crippen LogP contribution in [-0.4, -0.2) is 28.1 Å². The van der Waals surface area contributed by atoms with Gasteiger partial charge in [-0.25, -0.2) is 4.39 Å². The van der Waals surface area contributed by atoms with Crippen molar-refractivity contribution in [3.8, 4) is 0 Å². The second-order valence-electron chi connectivity index (χ2n) is 4.69. The van der Waals surface area contributed by atoms with E-state index in [9.17, 15) is 9.50 Å². The Morgan fingerprint density at radius 1 is 1.47 bits per heavy atom. The molecular formula is C12H19FO2. The molecule has 86 valence electrons. The number of aliphatic hydroxyl groups is 2. The molecule has 0 aromatic carbocycles. The largest absolute Gasteiger partial charge is 0.396 e. The molecule has 1 aliphatic carbocycles. The molecular weight excluding hydrogens is 195 g/mol. The Morgan fingerprint density at radius 3 is 2.40 bits per heavy atom. The minimum Gasteiger partial charge on any atom is -0.396 e. The molecule has 0 spiro atoms. The average Bonchev–Trinajstić information content (AvgIpc) is 2.19. The fourth-order valence-electron chi connectivity index (χ4n) is 2.08. The van der Waals surface area contributed by atoms with Crippen molar-refractivity contribution in [2.75, 3.05) is 6.61 Å². The van der Waals surface area contributed by atoms with Crippen LogP contribution in [0.3, 0.4) is 0 Å². The van der Waals surface area contributed by atoms with Gasteiger partial charge in [0, 0.05) is 5.92 Å². The van der Waals surface area contributed by atoms with Gasteiger partial charge in [0.15, 0.2) is 0 Å². The molecule has 2 nitrogen and oxygen atoms in total. The monoisotopic (exact) mass is 214 g/mol. The van der Waals surface area contributed by atoms with Gasteiger partial charge in [-0.1, -0.05) is 6.58 Å². The SMILES string of the molecule is C=C=CC(CO)C1(F)CCC(C)(O)CC1. The maximum atomic E-state index is 14.4. The zero-order valence-corrected chi connectivity index (χ0v) is 9.17. The van der Waals surface area contributed by atoms with E-state index >= 15 is 0 Å². The van der Waals surface area contributed by atoms with Gasteiger partial charge in [0.25, 0.3) is 0 Å². The fraction of sp³-hybridized carbons (Fsp3) is 0.750. The second-order valence-corrected chi connectivity index (χ2v) is 4.69. The number of halogens is 1. The van der Waals surface area contributed by atoms with E-state index in [0.29, 0.717) is 12.8 Å². The zero-order valence-electron chi connectivity index (χ0n) is 9.17. The minimum absolute atomic E-state index is 0.235. The van der Waals surface area contributed by atoms with Crippen molar-refractivity contribution in [1.29, 1.82) is 0 Å². The first-order valence-corrected chi connectivity index (χ1v) is 5.32. The lowest BCUT2D eigenvalue weighted by Gasteiger charge is -2.40. The van der Waals surface area contributed by atoms with Gasteiger partial charge in [0.1, 0.15) is 5.67 Å². The molecule has 1 unspecified atom stereocenters. The van der Waals surface area contributed by atoms with Crippen LogP contribution in [0.4, 0.5) is 4.39 Å². The van der Waals surface area contributed by atoms with Gasteiger partial charge in [0.2, 0.25) is 0 Å². The lowest BCUT2D eigenvalue weighted by Crippen LogP contribution is -2.43. The predicted molar refractivity (Wildman–Crippen MR) is 57.2 cm³/mol. The van der Waals surface area contributed by atoms with E-state index < -0.39 is 17.2 Å². The molecule has 2 N–H and O–H groups in total. The summed E-state index contributed by atoms with van der Waals surface area (Å²) in [5, 5.41) is 18.8. The summed E-state index contributed by atoms with van der Waals surface area (Å²) in [4.78, 5) is 0. The fourth-order valence-corrected chi connectivity index (χ4v) is 2.08. The normalized spacial score (nSPS) is 38.1. The van der Waals surface area contributed by atoms with Crippen LogP contribution in [-0.2, 0) is 0 Å². The van der Waals surface area contributed by atoms with Crippen molar-refractivity contribution < 1.29 is 14.6 Å². The first kappa shape index (κ1) is 12.4. The van der Waals surface area contributed by atoms with Crippen LogP contribution >= 0.6 is 0 Å². The van der Waals surface area contributed by atoms with Gasteiger partial charge in [-0.15, -0.1) is 5.73 Å². The van der Waals surface area contributed by atoms with Gasteiger partial charge in [0.05, 0.1) is 12.2 Å². The number of hydrogen-bond acceptors (Lipinski definition) is 2. The topological polar surface area (TPSA) is 40.5 Å². The Morgan fingerprint density at radius 2 is 2.00 bits per heavy atom. The summed E-state index contributed by atoms with van der Waals surface area (Å²) in [7, 11) is 0. The molecule has 15 heavy (non-hydrogen) atoms. The van der Waals surface area contributed by atoms with E-state index in [1.807, 2.05) is 0 Å². The minimum atomic E-state index is -1.41. The van der Waals surface area contributed by atoms with Crippen LogP contribution in [0.2, 0.25) is 0 Å². The molecule has 0 aromatic rings. The van der Waals surface area contributed by atoms with Crippen LogP contribution in [0, 0.1) is 5.92 Å². The summed E-state index contributed by atoms with van der Waals surface area (Å²) >= 11 is 0. The van der Waals surface area contributed by atoms with Crippen molar-refractivity contribution in [1.82, 2.24) is 0 Å². The third-order valence-corrected chi connectivity index (χ3v) is 3.34. The first-order valence-electron chi connectivity index (χ1n) is 5.32. The molecule has 0 aromatic heterocycles. The van der Waals surface area contributed by atoms with Gasteiger partial charge in [-0.2, -0.15) is 0 Å². The number of aliphatic hydroxyl groups excluding tert-OH is 1. The van der Waals surface area contributed by atoms with E-state index in [4.69, 9.17) is 5.11 Å². The molecule has 3 heteroatoms. The summed E-state index contributed by atoms with van der Waals surface area (Å²) in [5.74, 6) is -0.550. The Bertz CT molecular complexity index is 257. The summed E-state index contributed by atoms with van der Waals surface area (Å²) in [6.07, 6.45) is 2.92. The molecule has 1 atom stereocenters. The summed E-state index contributed by atoms with van der Waals surface area (Å²) in [5.41, 5.74) is 0.353. The van der Waals surface area contributed by atoms with Gasteiger partial charge >= 0.3 is 0 Å². The molecule has 1 saturated carbocycles. The molecule has 0 radical (unpaired) electrons. The summed E-state index contributed by atoms with van der Waals surface area (Å²) < 4.78 is 14.4. The lowest BCUT2D eigenvalue weighted by molar-refractivity contribution is -0.0557. The average molecular weight is 214 g/mol. The molecule has 1 aliphatic rings. The zero-order chi connectivity index (χ0) is 11.5. The van der Waals surface area contributed by atoms with Crippen LogP contribution in [0.25, 0.3) is 0 Å². The third-order valence-electron chi connectivity index (χ3n) is 3.34. The Labute approximate surface area is 90.1 Å². The van der Waals surface area contributed by atoms with Crippen molar-refractivity contribution in [2.24, 2.45) is 5.92 Å². The van der Waals surface area contributed by atoms with Gasteiger partial charge in [-0.05, 0) is 38.7 Å². The summed E-state index contributed by atoms with van der Waals surface area (Å²) in [6, 6.07) is 0. The van der Waals surface area contributed by atoms with E-state index in [-0.39, 0.29) is 19.4 Å². The standard InChI is InChI=1S/C12H19FO2/c1-3-4-10(9-14)12(13)7-5-11(2,15)6-8-12/h4,10,14-15H,1,5-9H2,2H3. The second kappa shape index (κ2) is 4.48. The number of rotatable bonds is 3.